The van der Waals surface area contributed by atoms with Gasteiger partial charge >= 0.3 is 0 Å². The van der Waals surface area contributed by atoms with Crippen molar-refractivity contribution in [3.05, 3.63) is 107 Å². The van der Waals surface area contributed by atoms with Gasteiger partial charge in [-0.05, 0) is 54.5 Å². The molecule has 3 aromatic carbocycles. The Balaban J connectivity index is 1.16. The minimum absolute atomic E-state index is 0.169. The number of amides is 1. The van der Waals surface area contributed by atoms with E-state index in [4.69, 9.17) is 0 Å². The van der Waals surface area contributed by atoms with Crippen LogP contribution in [0.5, 0.6) is 0 Å². The van der Waals surface area contributed by atoms with Crippen LogP contribution in [-0.4, -0.2) is 34.5 Å². The number of carbonyl (C=O) groups is 1. The Morgan fingerprint density at radius 3 is 2.37 bits per heavy atom. The Bertz CT molecular complexity index is 1270. The van der Waals surface area contributed by atoms with Crippen molar-refractivity contribution in [2.24, 2.45) is 0 Å². The molecule has 2 heterocycles. The standard InChI is InChI=1S/C31H35N3O/c1-24-9-5-6-12-26(24)22-34-23-27(29-13-7-8-14-30(29)34)15-16-31(35)32-28-17-19-33(20-18-28)21-25-10-3-2-4-11-25/h2-14,23,28H,15-22H2,1H3,(H,32,35). The van der Waals surface area contributed by atoms with Crippen molar-refractivity contribution in [1.29, 1.82) is 0 Å². The highest BCUT2D eigenvalue weighted by atomic mass is 16.1. The fraction of sp³-hybridized carbons (Fsp3) is 0.323. The highest BCUT2D eigenvalue weighted by molar-refractivity contribution is 5.85. The number of hydrogen-bond donors (Lipinski definition) is 1. The van der Waals surface area contributed by atoms with E-state index in [1.54, 1.807) is 0 Å². The maximum absolute atomic E-state index is 12.8. The maximum Gasteiger partial charge on any atom is 0.220 e. The Morgan fingerprint density at radius 1 is 0.857 bits per heavy atom. The van der Waals surface area contributed by atoms with Gasteiger partial charge in [0.1, 0.15) is 0 Å². The number of carbonyl (C=O) groups excluding carboxylic acids is 1. The first-order chi connectivity index (χ1) is 17.2. The van der Waals surface area contributed by atoms with E-state index in [0.29, 0.717) is 6.42 Å². The zero-order valence-corrected chi connectivity index (χ0v) is 20.6. The summed E-state index contributed by atoms with van der Waals surface area (Å²) in [6.45, 7) is 6.08. The molecule has 4 nitrogen and oxygen atoms in total. The molecule has 4 heteroatoms. The first-order valence-electron chi connectivity index (χ1n) is 12.8. The van der Waals surface area contributed by atoms with Crippen LogP contribution in [0.15, 0.2) is 85.1 Å². The summed E-state index contributed by atoms with van der Waals surface area (Å²) in [7, 11) is 0. The summed E-state index contributed by atoms with van der Waals surface area (Å²) in [6, 6.07) is 28.0. The van der Waals surface area contributed by atoms with E-state index < -0.39 is 0 Å². The topological polar surface area (TPSA) is 37.3 Å². The smallest absolute Gasteiger partial charge is 0.220 e. The van der Waals surface area contributed by atoms with E-state index in [-0.39, 0.29) is 11.9 Å². The largest absolute Gasteiger partial charge is 0.353 e. The molecule has 0 bridgehead atoms. The molecule has 0 unspecified atom stereocenters. The molecule has 0 spiro atoms. The van der Waals surface area contributed by atoms with Gasteiger partial charge in [0, 0.05) is 55.7 Å². The molecule has 0 atom stereocenters. The Morgan fingerprint density at radius 2 is 1.57 bits per heavy atom. The third-order valence-electron chi connectivity index (χ3n) is 7.30. The Kier molecular flexibility index (Phi) is 7.29. The van der Waals surface area contributed by atoms with Crippen LogP contribution in [0, 0.1) is 6.92 Å². The summed E-state index contributed by atoms with van der Waals surface area (Å²) in [5.41, 5.74) is 6.48. The second-order valence-corrected chi connectivity index (χ2v) is 9.83. The summed E-state index contributed by atoms with van der Waals surface area (Å²) in [5.74, 6) is 0.169. The van der Waals surface area contributed by atoms with Crippen molar-refractivity contribution in [3.63, 3.8) is 0 Å². The van der Waals surface area contributed by atoms with Gasteiger partial charge in [-0.1, -0.05) is 72.8 Å². The summed E-state index contributed by atoms with van der Waals surface area (Å²) in [5, 5.41) is 4.56. The lowest BCUT2D eigenvalue weighted by Crippen LogP contribution is -2.44. The minimum Gasteiger partial charge on any atom is -0.353 e. The number of likely N-dealkylation sites (tertiary alicyclic amines) is 1. The molecule has 5 rings (SSSR count). The van der Waals surface area contributed by atoms with Crippen LogP contribution in [0.25, 0.3) is 10.9 Å². The Hall–Kier alpha value is -3.37. The van der Waals surface area contributed by atoms with E-state index in [1.165, 1.54) is 33.2 Å². The van der Waals surface area contributed by atoms with Gasteiger partial charge in [0.25, 0.3) is 0 Å². The van der Waals surface area contributed by atoms with E-state index >= 15 is 0 Å². The first-order valence-corrected chi connectivity index (χ1v) is 12.8. The van der Waals surface area contributed by atoms with E-state index in [2.05, 4.69) is 107 Å². The van der Waals surface area contributed by atoms with Crippen molar-refractivity contribution in [2.75, 3.05) is 13.1 Å². The van der Waals surface area contributed by atoms with E-state index in [9.17, 15) is 4.79 Å². The number of hydrogen-bond acceptors (Lipinski definition) is 2. The highest BCUT2D eigenvalue weighted by Gasteiger charge is 2.21. The average Bonchev–Trinajstić information content (AvgIpc) is 3.23. The van der Waals surface area contributed by atoms with Gasteiger partial charge in [-0.15, -0.1) is 0 Å². The normalized spacial score (nSPS) is 14.9. The highest BCUT2D eigenvalue weighted by Crippen LogP contribution is 2.24. The molecule has 1 amide bonds. The number of piperidine rings is 1. The second kappa shape index (κ2) is 10.9. The molecule has 0 aliphatic carbocycles. The number of nitrogens with zero attached hydrogens (tertiary/aromatic N) is 2. The number of nitrogens with one attached hydrogen (secondary N) is 1. The van der Waals surface area contributed by atoms with Gasteiger partial charge in [-0.25, -0.2) is 0 Å². The fourth-order valence-corrected chi connectivity index (χ4v) is 5.25. The number of rotatable bonds is 8. The second-order valence-electron chi connectivity index (χ2n) is 9.83. The predicted molar refractivity (Wildman–Crippen MR) is 143 cm³/mol. The van der Waals surface area contributed by atoms with Crippen molar-refractivity contribution in [1.82, 2.24) is 14.8 Å². The molecule has 1 aliphatic heterocycles. The van der Waals surface area contributed by atoms with Gasteiger partial charge in [0.15, 0.2) is 0 Å². The summed E-state index contributed by atoms with van der Waals surface area (Å²) >= 11 is 0. The third kappa shape index (κ3) is 5.83. The SMILES string of the molecule is Cc1ccccc1Cn1cc(CCC(=O)NC2CCN(Cc3ccccc3)CC2)c2ccccc21. The molecule has 1 aliphatic rings. The molecule has 180 valence electrons. The Labute approximate surface area is 208 Å². The molecule has 4 aromatic rings. The molecule has 1 N–H and O–H groups in total. The lowest BCUT2D eigenvalue weighted by atomic mass is 10.0. The van der Waals surface area contributed by atoms with Gasteiger partial charge in [-0.3, -0.25) is 9.69 Å². The van der Waals surface area contributed by atoms with Crippen LogP contribution in [0.1, 0.15) is 41.5 Å². The number of para-hydroxylation sites is 1. The van der Waals surface area contributed by atoms with Gasteiger partial charge in [0.2, 0.25) is 5.91 Å². The number of fused-ring (bicyclic) bond motifs is 1. The number of benzene rings is 3. The zero-order chi connectivity index (χ0) is 24.0. The molecular formula is C31H35N3O. The van der Waals surface area contributed by atoms with Crippen molar-refractivity contribution >= 4 is 16.8 Å². The van der Waals surface area contributed by atoms with Crippen molar-refractivity contribution in [2.45, 2.75) is 51.7 Å². The zero-order valence-electron chi connectivity index (χ0n) is 20.6. The van der Waals surface area contributed by atoms with Crippen LogP contribution < -0.4 is 5.32 Å². The number of aromatic nitrogens is 1. The quantitative estimate of drug-likeness (QED) is 0.362. The van der Waals surface area contributed by atoms with Gasteiger partial charge in [0.05, 0.1) is 0 Å². The third-order valence-corrected chi connectivity index (χ3v) is 7.30. The van der Waals surface area contributed by atoms with Crippen LogP contribution in [0.2, 0.25) is 0 Å². The molecule has 0 radical (unpaired) electrons. The molecule has 35 heavy (non-hydrogen) atoms. The van der Waals surface area contributed by atoms with Crippen LogP contribution in [0.4, 0.5) is 0 Å². The minimum atomic E-state index is 0.169. The molecule has 0 saturated carbocycles. The van der Waals surface area contributed by atoms with Crippen LogP contribution in [0.3, 0.4) is 0 Å². The van der Waals surface area contributed by atoms with Gasteiger partial charge < -0.3 is 9.88 Å². The maximum atomic E-state index is 12.8. The van der Waals surface area contributed by atoms with Crippen LogP contribution >= 0.6 is 0 Å². The first kappa shape index (κ1) is 23.4. The lowest BCUT2D eigenvalue weighted by molar-refractivity contribution is -0.122. The van der Waals surface area contributed by atoms with Crippen molar-refractivity contribution < 1.29 is 4.79 Å². The lowest BCUT2D eigenvalue weighted by Gasteiger charge is -2.32. The molecule has 1 saturated heterocycles. The van der Waals surface area contributed by atoms with Crippen molar-refractivity contribution in [3.8, 4) is 0 Å². The summed E-state index contributed by atoms with van der Waals surface area (Å²) < 4.78 is 2.33. The predicted octanol–water partition coefficient (Wildman–Crippen LogP) is 5.71. The molecule has 1 aromatic heterocycles. The average molecular weight is 466 g/mol. The van der Waals surface area contributed by atoms with E-state index in [1.807, 2.05) is 0 Å². The summed E-state index contributed by atoms with van der Waals surface area (Å²) in [4.78, 5) is 15.3. The summed E-state index contributed by atoms with van der Waals surface area (Å²) in [6.07, 6.45) is 5.58. The fourth-order valence-electron chi connectivity index (χ4n) is 5.25. The van der Waals surface area contributed by atoms with Crippen LogP contribution in [-0.2, 0) is 24.3 Å². The monoisotopic (exact) mass is 465 g/mol. The number of aryl methyl sites for hydroxylation is 2. The van der Waals surface area contributed by atoms with E-state index in [0.717, 1.165) is 45.4 Å². The van der Waals surface area contributed by atoms with Gasteiger partial charge in [-0.2, -0.15) is 0 Å². The molecular weight excluding hydrogens is 430 g/mol. The molecule has 1 fully saturated rings.